The van der Waals surface area contributed by atoms with E-state index in [-0.39, 0.29) is 5.56 Å². The fraction of sp³-hybridized carbons (Fsp3) is 0.0526. The zero-order chi connectivity index (χ0) is 16.7. The van der Waals surface area contributed by atoms with E-state index in [2.05, 4.69) is 4.98 Å². The van der Waals surface area contributed by atoms with Gasteiger partial charge in [0.25, 0.3) is 5.56 Å². The summed E-state index contributed by atoms with van der Waals surface area (Å²) < 4.78 is 3.33. The molecule has 0 fully saturated rings. The summed E-state index contributed by atoms with van der Waals surface area (Å²) in [7, 11) is 0. The van der Waals surface area contributed by atoms with Crippen molar-refractivity contribution in [3.05, 3.63) is 88.1 Å². The van der Waals surface area contributed by atoms with Crippen molar-refractivity contribution in [2.45, 2.75) is 6.92 Å². The first-order valence-corrected chi connectivity index (χ1v) is 7.94. The summed E-state index contributed by atoms with van der Waals surface area (Å²) >= 11 is 6.18. The van der Waals surface area contributed by atoms with Crippen LogP contribution in [-0.2, 0) is 0 Å². The average molecular weight is 336 g/mol. The lowest BCUT2D eigenvalue weighted by Crippen LogP contribution is -2.20. The van der Waals surface area contributed by atoms with Crippen LogP contribution >= 0.6 is 11.6 Å². The number of halogens is 1. The number of nitrogens with zero attached hydrogens (tertiary/aromatic N) is 3. The Kier molecular flexibility index (Phi) is 3.47. The molecule has 2 heterocycles. The summed E-state index contributed by atoms with van der Waals surface area (Å²) in [6.07, 6.45) is 5.43. The molecule has 0 spiro atoms. The second kappa shape index (κ2) is 5.65. The van der Waals surface area contributed by atoms with Gasteiger partial charge in [-0.3, -0.25) is 9.36 Å². The van der Waals surface area contributed by atoms with Crippen molar-refractivity contribution < 1.29 is 0 Å². The number of rotatable bonds is 2. The summed E-state index contributed by atoms with van der Waals surface area (Å²) in [5.41, 5.74) is 3.58. The van der Waals surface area contributed by atoms with Crippen molar-refractivity contribution in [2.24, 2.45) is 0 Å². The fourth-order valence-corrected chi connectivity index (χ4v) is 2.94. The van der Waals surface area contributed by atoms with Gasteiger partial charge in [0.05, 0.1) is 11.4 Å². The maximum atomic E-state index is 12.9. The number of aromatic nitrogens is 3. The standard InChI is InChI=1S/C19H14ClN3O/c1-13-15(20)8-5-9-17(13)23-11-10-22-12-16(21-18(22)19(23)24)14-6-3-2-4-7-14/h2-12H,1H3. The Morgan fingerprint density at radius 1 is 1.00 bits per heavy atom. The van der Waals surface area contributed by atoms with E-state index in [1.54, 1.807) is 15.2 Å². The Hall–Kier alpha value is -2.85. The van der Waals surface area contributed by atoms with E-state index in [4.69, 9.17) is 11.6 Å². The molecule has 4 rings (SSSR count). The van der Waals surface area contributed by atoms with E-state index in [0.717, 1.165) is 22.5 Å². The van der Waals surface area contributed by atoms with Crippen LogP contribution in [0.5, 0.6) is 0 Å². The van der Waals surface area contributed by atoms with Crippen LogP contribution in [0.15, 0.2) is 71.9 Å². The molecule has 0 N–H and O–H groups in total. The molecule has 0 bridgehead atoms. The Balaban J connectivity index is 1.93. The molecule has 4 nitrogen and oxygen atoms in total. The molecule has 118 valence electrons. The van der Waals surface area contributed by atoms with E-state index >= 15 is 0 Å². The van der Waals surface area contributed by atoms with Crippen LogP contribution in [-0.4, -0.2) is 14.0 Å². The number of imidazole rings is 1. The molecule has 0 saturated carbocycles. The van der Waals surface area contributed by atoms with E-state index in [1.807, 2.05) is 67.8 Å². The van der Waals surface area contributed by atoms with Gasteiger partial charge in [-0.05, 0) is 24.6 Å². The summed E-state index contributed by atoms with van der Waals surface area (Å²) in [6.45, 7) is 1.90. The number of hydrogen-bond acceptors (Lipinski definition) is 2. The molecule has 5 heteroatoms. The first-order valence-electron chi connectivity index (χ1n) is 7.56. The van der Waals surface area contributed by atoms with Crippen LogP contribution in [0, 0.1) is 6.92 Å². The van der Waals surface area contributed by atoms with Crippen LogP contribution in [0.4, 0.5) is 0 Å². The van der Waals surface area contributed by atoms with Gasteiger partial charge >= 0.3 is 0 Å². The molecule has 24 heavy (non-hydrogen) atoms. The number of hydrogen-bond donors (Lipinski definition) is 0. The van der Waals surface area contributed by atoms with E-state index in [1.165, 1.54) is 0 Å². The van der Waals surface area contributed by atoms with Crippen molar-refractivity contribution in [1.82, 2.24) is 14.0 Å². The zero-order valence-corrected chi connectivity index (χ0v) is 13.7. The van der Waals surface area contributed by atoms with Gasteiger partial charge in [0.1, 0.15) is 0 Å². The molecule has 2 aromatic carbocycles. The van der Waals surface area contributed by atoms with Crippen LogP contribution in [0.25, 0.3) is 22.6 Å². The quantitative estimate of drug-likeness (QED) is 0.553. The van der Waals surface area contributed by atoms with Gasteiger partial charge < -0.3 is 4.40 Å². The fourth-order valence-electron chi connectivity index (χ4n) is 2.77. The highest BCUT2D eigenvalue weighted by Crippen LogP contribution is 2.22. The summed E-state index contributed by atoms with van der Waals surface area (Å²) in [6, 6.07) is 15.3. The van der Waals surface area contributed by atoms with E-state index < -0.39 is 0 Å². The summed E-state index contributed by atoms with van der Waals surface area (Å²) in [5.74, 6) is 0. The summed E-state index contributed by atoms with van der Waals surface area (Å²) in [5, 5.41) is 0.632. The lowest BCUT2D eigenvalue weighted by Gasteiger charge is -2.10. The van der Waals surface area contributed by atoms with Crippen LogP contribution in [0.3, 0.4) is 0 Å². The van der Waals surface area contributed by atoms with Crippen LogP contribution in [0.1, 0.15) is 5.56 Å². The Bertz CT molecular complexity index is 1100. The zero-order valence-electron chi connectivity index (χ0n) is 13.0. The minimum atomic E-state index is -0.176. The highest BCUT2D eigenvalue weighted by Gasteiger charge is 2.12. The number of benzene rings is 2. The molecule has 4 aromatic rings. The molecule has 0 atom stereocenters. The third-order valence-electron chi connectivity index (χ3n) is 4.09. The first kappa shape index (κ1) is 14.7. The summed E-state index contributed by atoms with van der Waals surface area (Å²) in [4.78, 5) is 17.4. The second-order valence-corrected chi connectivity index (χ2v) is 5.99. The van der Waals surface area contributed by atoms with Crippen molar-refractivity contribution >= 4 is 17.2 Å². The van der Waals surface area contributed by atoms with Crippen LogP contribution < -0.4 is 5.56 Å². The molecule has 0 amide bonds. The van der Waals surface area contributed by atoms with E-state index in [0.29, 0.717) is 10.7 Å². The third kappa shape index (κ3) is 2.32. The van der Waals surface area contributed by atoms with Crippen molar-refractivity contribution in [3.63, 3.8) is 0 Å². The van der Waals surface area contributed by atoms with Gasteiger partial charge in [-0.25, -0.2) is 4.98 Å². The predicted molar refractivity (Wildman–Crippen MR) is 96.0 cm³/mol. The largest absolute Gasteiger partial charge is 0.300 e. The lowest BCUT2D eigenvalue weighted by molar-refractivity contribution is 0.941. The van der Waals surface area contributed by atoms with Gasteiger partial charge in [0, 0.05) is 29.2 Å². The SMILES string of the molecule is Cc1c(Cl)cccc1-n1ccn2cc(-c3ccccc3)nc2c1=O. The molecular weight excluding hydrogens is 322 g/mol. The maximum absolute atomic E-state index is 12.9. The molecule has 0 radical (unpaired) electrons. The van der Waals surface area contributed by atoms with Crippen molar-refractivity contribution in [3.8, 4) is 16.9 Å². The minimum Gasteiger partial charge on any atom is -0.300 e. The molecule has 2 aromatic heterocycles. The highest BCUT2D eigenvalue weighted by molar-refractivity contribution is 6.31. The van der Waals surface area contributed by atoms with Gasteiger partial charge in [-0.1, -0.05) is 48.0 Å². The Morgan fingerprint density at radius 3 is 2.58 bits per heavy atom. The smallest absolute Gasteiger partial charge is 0.298 e. The number of fused-ring (bicyclic) bond motifs is 1. The predicted octanol–water partition coefficient (Wildman–Crippen LogP) is 4.11. The highest BCUT2D eigenvalue weighted by atomic mass is 35.5. The topological polar surface area (TPSA) is 39.3 Å². The molecule has 0 aliphatic heterocycles. The van der Waals surface area contributed by atoms with E-state index in [9.17, 15) is 4.79 Å². The third-order valence-corrected chi connectivity index (χ3v) is 4.50. The van der Waals surface area contributed by atoms with Crippen molar-refractivity contribution in [1.29, 1.82) is 0 Å². The maximum Gasteiger partial charge on any atom is 0.298 e. The van der Waals surface area contributed by atoms with Crippen molar-refractivity contribution in [2.75, 3.05) is 0 Å². The lowest BCUT2D eigenvalue weighted by atomic mass is 10.2. The first-order chi connectivity index (χ1) is 11.6. The Labute approximate surface area is 143 Å². The Morgan fingerprint density at radius 2 is 1.79 bits per heavy atom. The molecule has 0 aliphatic rings. The normalized spacial score (nSPS) is 11.1. The minimum absolute atomic E-state index is 0.176. The van der Waals surface area contributed by atoms with Gasteiger partial charge in [0.2, 0.25) is 5.65 Å². The second-order valence-electron chi connectivity index (χ2n) is 5.58. The monoisotopic (exact) mass is 335 g/mol. The molecule has 0 unspecified atom stereocenters. The average Bonchev–Trinajstić information content (AvgIpc) is 3.04. The molecule has 0 aliphatic carbocycles. The van der Waals surface area contributed by atoms with Gasteiger partial charge in [-0.2, -0.15) is 0 Å². The van der Waals surface area contributed by atoms with Gasteiger partial charge in [0.15, 0.2) is 0 Å². The molecule has 0 saturated heterocycles. The van der Waals surface area contributed by atoms with Gasteiger partial charge in [-0.15, -0.1) is 0 Å². The van der Waals surface area contributed by atoms with Crippen LogP contribution in [0.2, 0.25) is 5.02 Å². The molecular formula is C19H14ClN3O.